The lowest BCUT2D eigenvalue weighted by Gasteiger charge is -2.19. The third-order valence-electron chi connectivity index (χ3n) is 6.36. The Bertz CT molecular complexity index is 1320. The van der Waals surface area contributed by atoms with Gasteiger partial charge in [0.1, 0.15) is 12.4 Å². The van der Waals surface area contributed by atoms with Gasteiger partial charge in [-0.1, -0.05) is 74.5 Å². The molecule has 31 heavy (non-hydrogen) atoms. The van der Waals surface area contributed by atoms with Crippen LogP contribution in [0.25, 0.3) is 32.7 Å². The predicted octanol–water partition coefficient (Wildman–Crippen LogP) is 6.78. The van der Waals surface area contributed by atoms with Crippen LogP contribution in [-0.4, -0.2) is 25.7 Å². The van der Waals surface area contributed by atoms with Crippen molar-refractivity contribution in [2.45, 2.75) is 26.8 Å². The molecule has 0 amide bonds. The molecule has 3 heteroatoms. The van der Waals surface area contributed by atoms with Crippen LogP contribution in [0.3, 0.4) is 0 Å². The number of ether oxygens (including phenoxy) is 2. The maximum Gasteiger partial charge on any atom is 0.217 e. The van der Waals surface area contributed by atoms with E-state index in [4.69, 9.17) is 14.5 Å². The predicted molar refractivity (Wildman–Crippen MR) is 129 cm³/mol. The van der Waals surface area contributed by atoms with Crippen molar-refractivity contribution in [3.8, 4) is 16.9 Å². The van der Waals surface area contributed by atoms with Crippen LogP contribution < -0.4 is 4.74 Å². The van der Waals surface area contributed by atoms with E-state index in [0.29, 0.717) is 12.5 Å². The third kappa shape index (κ3) is 3.25. The summed E-state index contributed by atoms with van der Waals surface area (Å²) in [4.78, 5) is 5.00. The number of aryl methyl sites for hydroxylation is 1. The maximum absolute atomic E-state index is 6.20. The van der Waals surface area contributed by atoms with Crippen molar-refractivity contribution >= 4 is 27.4 Å². The molecule has 0 saturated carbocycles. The summed E-state index contributed by atoms with van der Waals surface area (Å²) in [5.74, 6) is 1.99. The van der Waals surface area contributed by atoms with Crippen LogP contribution in [0.1, 0.15) is 25.0 Å². The van der Waals surface area contributed by atoms with E-state index in [1.54, 1.807) is 7.11 Å². The van der Waals surface area contributed by atoms with E-state index in [1.165, 1.54) is 16.3 Å². The molecule has 4 aromatic rings. The lowest BCUT2D eigenvalue weighted by Crippen LogP contribution is -2.13. The normalized spacial score (nSPS) is 16.0. The van der Waals surface area contributed by atoms with Gasteiger partial charge in [0, 0.05) is 5.56 Å². The molecular formula is C28H27NO2. The Morgan fingerprint density at radius 2 is 1.61 bits per heavy atom. The van der Waals surface area contributed by atoms with Gasteiger partial charge in [0.05, 0.1) is 18.7 Å². The molecule has 0 aromatic heterocycles. The van der Waals surface area contributed by atoms with E-state index in [1.807, 2.05) is 0 Å². The van der Waals surface area contributed by atoms with Gasteiger partial charge in [-0.25, -0.2) is 4.99 Å². The van der Waals surface area contributed by atoms with Crippen LogP contribution in [0.4, 0.5) is 0 Å². The highest BCUT2D eigenvalue weighted by Crippen LogP contribution is 2.42. The molecule has 0 saturated heterocycles. The first-order valence-corrected chi connectivity index (χ1v) is 10.9. The van der Waals surface area contributed by atoms with Gasteiger partial charge >= 0.3 is 0 Å². The average molecular weight is 410 g/mol. The van der Waals surface area contributed by atoms with Crippen LogP contribution >= 0.6 is 0 Å². The summed E-state index contributed by atoms with van der Waals surface area (Å²) in [6.45, 7) is 7.19. The standard InChI is InChI=1S/C28H27NO2/c1-17(2)24-16-31-28(29-24)27-23-12-8-6-10-20(23)15-25(30-4)26(27)22-14-13-19-9-5-7-11-21(19)18(22)3/h5-15,17,24H,16H2,1-4H3/t24-/m1/s1. The van der Waals surface area contributed by atoms with Gasteiger partial charge in [0.2, 0.25) is 5.90 Å². The minimum absolute atomic E-state index is 0.172. The molecule has 1 aliphatic heterocycles. The molecule has 5 rings (SSSR count). The van der Waals surface area contributed by atoms with Gasteiger partial charge in [-0.05, 0) is 51.6 Å². The van der Waals surface area contributed by atoms with Gasteiger partial charge in [-0.15, -0.1) is 0 Å². The van der Waals surface area contributed by atoms with Gasteiger partial charge in [-0.2, -0.15) is 0 Å². The van der Waals surface area contributed by atoms with E-state index >= 15 is 0 Å². The largest absolute Gasteiger partial charge is 0.496 e. The zero-order valence-corrected chi connectivity index (χ0v) is 18.5. The Morgan fingerprint density at radius 1 is 0.903 bits per heavy atom. The van der Waals surface area contributed by atoms with Crippen molar-refractivity contribution in [3.63, 3.8) is 0 Å². The van der Waals surface area contributed by atoms with Gasteiger partial charge < -0.3 is 9.47 Å². The molecule has 0 N–H and O–H groups in total. The van der Waals surface area contributed by atoms with Crippen molar-refractivity contribution in [1.29, 1.82) is 0 Å². The summed E-state index contributed by atoms with van der Waals surface area (Å²) in [6.07, 6.45) is 0. The molecule has 0 spiro atoms. The molecule has 1 atom stereocenters. The van der Waals surface area contributed by atoms with Crippen molar-refractivity contribution < 1.29 is 9.47 Å². The maximum atomic E-state index is 6.20. The monoisotopic (exact) mass is 409 g/mol. The highest BCUT2D eigenvalue weighted by atomic mass is 16.5. The van der Waals surface area contributed by atoms with Crippen molar-refractivity contribution in [2.75, 3.05) is 13.7 Å². The molecule has 0 unspecified atom stereocenters. The molecule has 0 radical (unpaired) electrons. The number of fused-ring (bicyclic) bond motifs is 2. The van der Waals surface area contributed by atoms with Crippen LogP contribution in [0, 0.1) is 12.8 Å². The Hall–Kier alpha value is -3.33. The highest BCUT2D eigenvalue weighted by Gasteiger charge is 2.28. The zero-order chi connectivity index (χ0) is 21.5. The lowest BCUT2D eigenvalue weighted by atomic mass is 9.88. The average Bonchev–Trinajstić information content (AvgIpc) is 3.29. The first-order valence-electron chi connectivity index (χ1n) is 10.9. The summed E-state index contributed by atoms with van der Waals surface area (Å²) >= 11 is 0. The summed E-state index contributed by atoms with van der Waals surface area (Å²) < 4.78 is 12.1. The second-order valence-electron chi connectivity index (χ2n) is 8.57. The summed E-state index contributed by atoms with van der Waals surface area (Å²) in [5.41, 5.74) is 4.45. The number of benzene rings is 4. The lowest BCUT2D eigenvalue weighted by molar-refractivity contribution is 0.292. The number of nitrogens with zero attached hydrogens (tertiary/aromatic N) is 1. The van der Waals surface area contributed by atoms with E-state index < -0.39 is 0 Å². The second kappa shape index (κ2) is 7.73. The van der Waals surface area contributed by atoms with Crippen molar-refractivity contribution in [2.24, 2.45) is 10.9 Å². The van der Waals surface area contributed by atoms with Gasteiger partial charge in [0.25, 0.3) is 0 Å². The fraction of sp³-hybridized carbons (Fsp3) is 0.250. The van der Waals surface area contributed by atoms with E-state index in [2.05, 4.69) is 87.5 Å². The molecule has 0 bridgehead atoms. The number of hydrogen-bond acceptors (Lipinski definition) is 3. The summed E-state index contributed by atoms with van der Waals surface area (Å²) in [5, 5.41) is 4.74. The van der Waals surface area contributed by atoms with Crippen molar-refractivity contribution in [3.05, 3.63) is 77.9 Å². The Labute approximate surface area is 183 Å². The molecule has 1 heterocycles. The first kappa shape index (κ1) is 19.6. The number of rotatable bonds is 4. The van der Waals surface area contributed by atoms with Crippen LogP contribution in [0.2, 0.25) is 0 Å². The minimum Gasteiger partial charge on any atom is -0.496 e. The fourth-order valence-electron chi connectivity index (χ4n) is 4.54. The molecule has 3 nitrogen and oxygen atoms in total. The quantitative estimate of drug-likeness (QED) is 0.372. The van der Waals surface area contributed by atoms with Crippen molar-refractivity contribution in [1.82, 2.24) is 0 Å². The van der Waals surface area contributed by atoms with Gasteiger partial charge in [-0.3, -0.25) is 0 Å². The topological polar surface area (TPSA) is 30.8 Å². The molecule has 4 aromatic carbocycles. The molecular weight excluding hydrogens is 382 g/mol. The number of methoxy groups -OCH3 is 1. The smallest absolute Gasteiger partial charge is 0.217 e. The second-order valence-corrected chi connectivity index (χ2v) is 8.57. The zero-order valence-electron chi connectivity index (χ0n) is 18.5. The summed E-state index contributed by atoms with van der Waals surface area (Å²) in [6, 6.07) is 23.6. The molecule has 1 aliphatic rings. The number of aliphatic imine (C=N–C) groups is 1. The Kier molecular flexibility index (Phi) is 4.90. The minimum atomic E-state index is 0.172. The van der Waals surface area contributed by atoms with E-state index in [9.17, 15) is 0 Å². The van der Waals surface area contributed by atoms with E-state index in [0.717, 1.165) is 39.1 Å². The SMILES string of the molecule is COc1cc2ccccc2c(C2=N[C@@H](C(C)C)CO2)c1-c1ccc2ccccc2c1C. The van der Waals surface area contributed by atoms with Crippen LogP contribution in [-0.2, 0) is 4.74 Å². The molecule has 0 aliphatic carbocycles. The Balaban J connectivity index is 1.87. The summed E-state index contributed by atoms with van der Waals surface area (Å²) in [7, 11) is 1.74. The van der Waals surface area contributed by atoms with Crippen LogP contribution in [0.5, 0.6) is 5.75 Å². The van der Waals surface area contributed by atoms with E-state index in [-0.39, 0.29) is 6.04 Å². The number of hydrogen-bond donors (Lipinski definition) is 0. The fourth-order valence-corrected chi connectivity index (χ4v) is 4.54. The molecule has 0 fully saturated rings. The van der Waals surface area contributed by atoms with Gasteiger partial charge in [0.15, 0.2) is 0 Å². The highest BCUT2D eigenvalue weighted by molar-refractivity contribution is 6.15. The molecule has 156 valence electrons. The Morgan fingerprint density at radius 3 is 2.32 bits per heavy atom. The third-order valence-corrected chi connectivity index (χ3v) is 6.36. The first-order chi connectivity index (χ1) is 15.1. The van der Waals surface area contributed by atoms with Crippen LogP contribution in [0.15, 0.2) is 71.7 Å².